The Morgan fingerprint density at radius 2 is 1.77 bits per heavy atom. The van der Waals surface area contributed by atoms with E-state index >= 15 is 0 Å². The molecule has 5 N–H and O–H groups in total. The molecule has 238 valence electrons. The molecule has 0 amide bonds. The minimum absolute atomic E-state index is 0.0156. The fourth-order valence-electron chi connectivity index (χ4n) is 10.6. The Balaban J connectivity index is 1.38. The van der Waals surface area contributed by atoms with Gasteiger partial charge in [0.05, 0.1) is 22.9 Å². The van der Waals surface area contributed by atoms with Crippen LogP contribution in [-0.2, 0) is 16.0 Å². The Kier molecular flexibility index (Phi) is 7.63. The second-order valence-corrected chi connectivity index (χ2v) is 15.8. The van der Waals surface area contributed by atoms with E-state index in [0.717, 1.165) is 24.8 Å². The van der Waals surface area contributed by atoms with Gasteiger partial charge in [-0.2, -0.15) is 0 Å². The Hall–Kier alpha value is -1.61. The third-order valence-corrected chi connectivity index (χ3v) is 13.4. The minimum atomic E-state index is -1.33. The number of epoxide rings is 1. The normalized spacial score (nSPS) is 45.6. The van der Waals surface area contributed by atoms with Crippen LogP contribution in [0.2, 0.25) is 0 Å². The molecule has 3 saturated carbocycles. The van der Waals surface area contributed by atoms with Crippen LogP contribution in [0.1, 0.15) is 85.1 Å². The van der Waals surface area contributed by atoms with Gasteiger partial charge in [0.15, 0.2) is 5.78 Å². The number of hydrogen-bond donors (Lipinski definition) is 5. The zero-order valence-corrected chi connectivity index (χ0v) is 26.5. The van der Waals surface area contributed by atoms with Crippen LogP contribution in [0.4, 0.5) is 0 Å². The molecule has 1 saturated heterocycles. The molecule has 4 aliphatic carbocycles. The lowest BCUT2D eigenvalue weighted by atomic mass is 9.43. The molecule has 0 radical (unpaired) electrons. The van der Waals surface area contributed by atoms with Crippen LogP contribution in [0, 0.1) is 40.4 Å². The van der Waals surface area contributed by atoms with Gasteiger partial charge in [-0.15, -0.1) is 0 Å². The van der Waals surface area contributed by atoms with Crippen LogP contribution in [0.5, 0.6) is 0 Å². The summed E-state index contributed by atoms with van der Waals surface area (Å²) in [6.45, 7) is 9.34. The van der Waals surface area contributed by atoms with Crippen molar-refractivity contribution >= 4 is 5.78 Å². The summed E-state index contributed by atoms with van der Waals surface area (Å²) in [5, 5.41) is 56.6. The molecular formula is C36H52O7. The van der Waals surface area contributed by atoms with E-state index in [1.54, 1.807) is 26.8 Å². The molecular weight excluding hydrogens is 544 g/mol. The largest absolute Gasteiger partial charge is 0.396 e. The van der Waals surface area contributed by atoms with Crippen molar-refractivity contribution in [3.63, 3.8) is 0 Å². The predicted molar refractivity (Wildman–Crippen MR) is 163 cm³/mol. The molecule has 0 aromatic heterocycles. The average molecular weight is 597 g/mol. The van der Waals surface area contributed by atoms with Crippen LogP contribution in [-0.4, -0.2) is 73.0 Å². The Morgan fingerprint density at radius 1 is 1.07 bits per heavy atom. The van der Waals surface area contributed by atoms with Gasteiger partial charge in [0.1, 0.15) is 12.2 Å². The van der Waals surface area contributed by atoms with Crippen molar-refractivity contribution in [2.24, 2.45) is 40.4 Å². The van der Waals surface area contributed by atoms with Crippen molar-refractivity contribution in [1.29, 1.82) is 0 Å². The number of fused-ring (bicyclic) bond motifs is 5. The van der Waals surface area contributed by atoms with Crippen molar-refractivity contribution in [1.82, 2.24) is 0 Å². The van der Waals surface area contributed by atoms with E-state index in [9.17, 15) is 30.3 Å². The fourth-order valence-corrected chi connectivity index (χ4v) is 10.6. The highest BCUT2D eigenvalue weighted by molar-refractivity contribution is 5.95. The number of aliphatic hydroxyl groups is 5. The summed E-state index contributed by atoms with van der Waals surface area (Å²) in [6.07, 6.45) is 5.44. The monoisotopic (exact) mass is 596 g/mol. The van der Waals surface area contributed by atoms with E-state index < -0.39 is 46.4 Å². The Bertz CT molecular complexity index is 1260. The molecule has 1 aliphatic heterocycles. The molecule has 1 aromatic rings. The zero-order chi connectivity index (χ0) is 31.2. The molecule has 13 atom stereocenters. The van der Waals surface area contributed by atoms with Crippen LogP contribution >= 0.6 is 0 Å². The van der Waals surface area contributed by atoms with Crippen molar-refractivity contribution in [3.05, 3.63) is 47.5 Å². The van der Waals surface area contributed by atoms with Gasteiger partial charge in [-0.25, -0.2) is 0 Å². The van der Waals surface area contributed by atoms with Gasteiger partial charge in [0.2, 0.25) is 0 Å². The summed E-state index contributed by atoms with van der Waals surface area (Å²) >= 11 is 0. The number of aryl methyl sites for hydroxylation is 1. The number of allylic oxidation sites excluding steroid dienone is 1. The third-order valence-electron chi connectivity index (χ3n) is 13.4. The molecule has 43 heavy (non-hydrogen) atoms. The van der Waals surface area contributed by atoms with E-state index in [-0.39, 0.29) is 41.5 Å². The molecule has 6 rings (SSSR count). The lowest BCUT2D eigenvalue weighted by Crippen LogP contribution is -2.64. The summed E-state index contributed by atoms with van der Waals surface area (Å²) in [5.74, 6) is -0.791. The molecule has 0 unspecified atom stereocenters. The molecule has 0 bridgehead atoms. The Labute approximate surface area is 256 Å². The number of ketones is 1. The van der Waals surface area contributed by atoms with Gasteiger partial charge in [-0.1, -0.05) is 51.1 Å². The third kappa shape index (κ3) is 4.63. The number of rotatable bonds is 8. The first kappa shape index (κ1) is 31.4. The molecule has 1 aromatic carbocycles. The van der Waals surface area contributed by atoms with Crippen molar-refractivity contribution in [2.75, 3.05) is 6.61 Å². The van der Waals surface area contributed by atoms with Crippen molar-refractivity contribution in [2.45, 2.75) is 121 Å². The fraction of sp³-hybridized carbons (Fsp3) is 0.750. The van der Waals surface area contributed by atoms with Crippen LogP contribution < -0.4 is 0 Å². The summed E-state index contributed by atoms with van der Waals surface area (Å²) in [5.41, 5.74) is -2.85. The van der Waals surface area contributed by atoms with E-state index in [1.165, 1.54) is 5.56 Å². The minimum Gasteiger partial charge on any atom is -0.396 e. The second kappa shape index (κ2) is 10.5. The molecule has 4 fully saturated rings. The van der Waals surface area contributed by atoms with E-state index in [1.807, 2.05) is 6.07 Å². The summed E-state index contributed by atoms with van der Waals surface area (Å²) in [7, 11) is 0. The van der Waals surface area contributed by atoms with E-state index in [4.69, 9.17) is 4.74 Å². The number of hydrogen-bond acceptors (Lipinski definition) is 7. The maximum atomic E-state index is 13.8. The van der Waals surface area contributed by atoms with E-state index in [2.05, 4.69) is 38.1 Å². The second-order valence-electron chi connectivity index (χ2n) is 15.8. The first-order valence-corrected chi connectivity index (χ1v) is 16.5. The van der Waals surface area contributed by atoms with Gasteiger partial charge in [-0.05, 0) is 106 Å². The van der Waals surface area contributed by atoms with Gasteiger partial charge < -0.3 is 30.3 Å². The number of aliphatic hydroxyl groups excluding tert-OH is 2. The molecule has 7 heteroatoms. The molecule has 0 spiro atoms. The Morgan fingerprint density at radius 3 is 2.44 bits per heavy atom. The van der Waals surface area contributed by atoms with Gasteiger partial charge >= 0.3 is 0 Å². The summed E-state index contributed by atoms with van der Waals surface area (Å²) in [6, 6.07) is 10.4. The first-order chi connectivity index (χ1) is 20.1. The maximum Gasteiger partial charge on any atom is 0.159 e. The van der Waals surface area contributed by atoms with Gasteiger partial charge in [0, 0.05) is 23.9 Å². The van der Waals surface area contributed by atoms with Gasteiger partial charge in [-0.3, -0.25) is 4.79 Å². The standard InChI is InChI=1S/C36H52O7/c1-21(20-37)34(4,40)30-31(43-30)35(5,41)28-14-16-36(42)26-18-27(39)25-17-24(38)13-15-32(25,2)29(26)23(19-33(28,36)3)12-11-22-9-7-6-8-10-22/h6-10,18,21,23-25,28-31,37-38,40-42H,11-17,19-20H2,1-5H3/t21-,23-,24+,25-,28-,29-,30-,31+,32+,33-,34-,35-,36+/m1/s1. The first-order valence-electron chi connectivity index (χ1n) is 16.5. The lowest BCUT2D eigenvalue weighted by Gasteiger charge is -2.63. The number of carbonyl (C=O) groups is 1. The number of ether oxygens (including phenoxy) is 1. The summed E-state index contributed by atoms with van der Waals surface area (Å²) < 4.78 is 6.01. The average Bonchev–Trinajstić information content (AvgIpc) is 3.74. The molecule has 1 heterocycles. The van der Waals surface area contributed by atoms with Crippen LogP contribution in [0.15, 0.2) is 42.0 Å². The lowest BCUT2D eigenvalue weighted by molar-refractivity contribution is -0.165. The quantitative estimate of drug-likeness (QED) is 0.287. The molecule has 5 aliphatic rings. The topological polar surface area (TPSA) is 131 Å². The highest BCUT2D eigenvalue weighted by atomic mass is 16.6. The number of benzene rings is 1. The smallest absolute Gasteiger partial charge is 0.159 e. The van der Waals surface area contributed by atoms with Crippen molar-refractivity contribution < 1.29 is 35.1 Å². The zero-order valence-electron chi connectivity index (χ0n) is 26.5. The predicted octanol–water partition coefficient (Wildman–Crippen LogP) is 3.98. The maximum absolute atomic E-state index is 13.8. The van der Waals surface area contributed by atoms with Crippen molar-refractivity contribution in [3.8, 4) is 0 Å². The highest BCUT2D eigenvalue weighted by Gasteiger charge is 2.73. The van der Waals surface area contributed by atoms with Gasteiger partial charge in [0.25, 0.3) is 0 Å². The van der Waals surface area contributed by atoms with E-state index in [0.29, 0.717) is 32.1 Å². The number of carbonyl (C=O) groups excluding carboxylic acids is 1. The van der Waals surface area contributed by atoms with Crippen LogP contribution in [0.3, 0.4) is 0 Å². The molecule has 7 nitrogen and oxygen atoms in total. The SMILES string of the molecule is C[C@H](CO)[C@@](C)(O)[C@@H]1O[C@@H]1[C@](C)(O)[C@@H]1CC[C@]2(O)C3=CC(=O)[C@H]4C[C@@H](O)CC[C@]4(C)[C@@H]3[C@H](CCc3ccccc3)C[C@]12C. The van der Waals surface area contributed by atoms with Crippen LogP contribution in [0.25, 0.3) is 0 Å². The highest BCUT2D eigenvalue weighted by Crippen LogP contribution is 2.71. The summed E-state index contributed by atoms with van der Waals surface area (Å²) in [4.78, 5) is 13.8.